The van der Waals surface area contributed by atoms with Crippen LogP contribution in [0.1, 0.15) is 66.7 Å². The van der Waals surface area contributed by atoms with E-state index in [4.69, 9.17) is 0 Å². The van der Waals surface area contributed by atoms with Gasteiger partial charge in [-0.15, -0.1) is 0 Å². The highest BCUT2D eigenvalue weighted by atomic mass is 16.4. The van der Waals surface area contributed by atoms with Crippen molar-refractivity contribution < 1.29 is 24.6 Å². The molecule has 4 rings (SSSR count). The van der Waals surface area contributed by atoms with Crippen molar-refractivity contribution in [3.8, 4) is 0 Å². The molecule has 0 radical (unpaired) electrons. The number of hydrogen-bond donors (Lipinski definition) is 3. The molecule has 6 heteroatoms. The second-order valence-corrected chi connectivity index (χ2v) is 11.7. The van der Waals surface area contributed by atoms with Gasteiger partial charge in [-0.1, -0.05) is 34.6 Å². The van der Waals surface area contributed by atoms with Crippen LogP contribution in [0.25, 0.3) is 0 Å². The third-order valence-electron chi connectivity index (χ3n) is 9.67. The number of carboxylic acids is 2. The smallest absolute Gasteiger partial charge is 0.318 e. The van der Waals surface area contributed by atoms with E-state index in [2.05, 4.69) is 19.2 Å². The van der Waals surface area contributed by atoms with Crippen molar-refractivity contribution in [2.45, 2.75) is 66.7 Å². The van der Waals surface area contributed by atoms with Gasteiger partial charge in [-0.25, -0.2) is 0 Å². The number of piperidine rings is 1. The standard InChI is InChI=1S/C24H35NO5/c1-21(2,3)24(20(29)30)12-23(5)15-8-9-22(4)14(6-7-16(22)19(27)28)13(15)11-25-17(23)10-18(24)26/h10,13-16,25H,6-9,11-12H2,1-5H3,(H,27,28)(H,29,30)/t13-,14-,15-,16+,22-,23+,24?/m0/s1. The lowest BCUT2D eigenvalue weighted by atomic mass is 9.45. The molecule has 0 aromatic carbocycles. The zero-order valence-corrected chi connectivity index (χ0v) is 18.7. The first-order valence-electron chi connectivity index (χ1n) is 11.3. The Labute approximate surface area is 178 Å². The van der Waals surface area contributed by atoms with E-state index in [9.17, 15) is 24.6 Å². The van der Waals surface area contributed by atoms with Gasteiger partial charge in [-0.05, 0) is 60.7 Å². The molecule has 7 atom stereocenters. The summed E-state index contributed by atoms with van der Waals surface area (Å²) in [6, 6.07) is 0. The van der Waals surface area contributed by atoms with Gasteiger partial charge in [0.05, 0.1) is 5.92 Å². The van der Waals surface area contributed by atoms with Gasteiger partial charge in [0, 0.05) is 23.7 Å². The number of allylic oxidation sites excluding steroid dienone is 2. The van der Waals surface area contributed by atoms with Crippen LogP contribution < -0.4 is 5.32 Å². The van der Waals surface area contributed by atoms with Gasteiger partial charge >= 0.3 is 11.9 Å². The van der Waals surface area contributed by atoms with Gasteiger partial charge in [-0.2, -0.15) is 0 Å². The molecule has 3 aliphatic carbocycles. The van der Waals surface area contributed by atoms with E-state index in [1.165, 1.54) is 0 Å². The van der Waals surface area contributed by atoms with Crippen LogP contribution in [0.4, 0.5) is 0 Å². The molecule has 0 spiro atoms. The first kappa shape index (κ1) is 21.4. The molecule has 3 fully saturated rings. The van der Waals surface area contributed by atoms with Crippen molar-refractivity contribution >= 4 is 17.7 Å². The summed E-state index contributed by atoms with van der Waals surface area (Å²) in [5, 5.41) is 23.5. The van der Waals surface area contributed by atoms with Crippen LogP contribution >= 0.6 is 0 Å². The largest absolute Gasteiger partial charge is 0.481 e. The van der Waals surface area contributed by atoms with E-state index in [0.717, 1.165) is 37.9 Å². The SMILES string of the molecule is CC(C)(C)C1(C(=O)O)C[C@@]2(C)C(=CC1=O)NC[C@H]1[C@@H]3CC[C@H](C(=O)O)[C@@]3(C)CC[C@@H]12. The molecular weight excluding hydrogens is 382 g/mol. The van der Waals surface area contributed by atoms with E-state index in [0.29, 0.717) is 18.3 Å². The number of aliphatic carboxylic acids is 2. The molecule has 0 aromatic heterocycles. The zero-order valence-electron chi connectivity index (χ0n) is 18.7. The Kier molecular flexibility index (Phi) is 4.51. The molecule has 0 amide bonds. The molecule has 2 saturated carbocycles. The number of carbonyl (C=O) groups excluding carboxylic acids is 1. The monoisotopic (exact) mass is 417 g/mol. The molecule has 1 saturated heterocycles. The Hall–Kier alpha value is -1.85. The average molecular weight is 418 g/mol. The van der Waals surface area contributed by atoms with Gasteiger partial charge in [0.2, 0.25) is 0 Å². The number of fused-ring (bicyclic) bond motifs is 5. The van der Waals surface area contributed by atoms with Gasteiger partial charge < -0.3 is 15.5 Å². The predicted molar refractivity (Wildman–Crippen MR) is 112 cm³/mol. The molecule has 6 nitrogen and oxygen atoms in total. The first-order valence-corrected chi connectivity index (χ1v) is 11.3. The Morgan fingerprint density at radius 3 is 2.33 bits per heavy atom. The lowest BCUT2D eigenvalue weighted by molar-refractivity contribution is -0.170. The second kappa shape index (κ2) is 6.33. The summed E-state index contributed by atoms with van der Waals surface area (Å²) in [6.07, 6.45) is 5.23. The maximum Gasteiger partial charge on any atom is 0.318 e. The van der Waals surface area contributed by atoms with E-state index in [1.807, 2.05) is 20.8 Å². The van der Waals surface area contributed by atoms with Crippen molar-refractivity contribution in [2.75, 3.05) is 6.54 Å². The Balaban J connectivity index is 1.76. The van der Waals surface area contributed by atoms with Crippen LogP contribution in [0.2, 0.25) is 0 Å². The molecule has 166 valence electrons. The maximum atomic E-state index is 13.2. The highest BCUT2D eigenvalue weighted by molar-refractivity contribution is 6.10. The van der Waals surface area contributed by atoms with Crippen LogP contribution in [0.15, 0.2) is 11.8 Å². The summed E-state index contributed by atoms with van der Waals surface area (Å²) in [7, 11) is 0. The molecular formula is C24H35NO5. The van der Waals surface area contributed by atoms with Gasteiger partial charge in [-0.3, -0.25) is 14.4 Å². The zero-order chi connectivity index (χ0) is 22.3. The predicted octanol–water partition coefficient (Wildman–Crippen LogP) is 3.71. The summed E-state index contributed by atoms with van der Waals surface area (Å²) < 4.78 is 0. The molecule has 30 heavy (non-hydrogen) atoms. The third kappa shape index (κ3) is 2.51. The normalized spacial score (nSPS) is 45.5. The fourth-order valence-electron chi connectivity index (χ4n) is 7.87. The lowest BCUT2D eigenvalue weighted by Crippen LogP contribution is -2.62. The van der Waals surface area contributed by atoms with Gasteiger partial charge in [0.1, 0.15) is 5.41 Å². The maximum absolute atomic E-state index is 13.2. The minimum atomic E-state index is -1.45. The molecule has 0 bridgehead atoms. The van der Waals surface area contributed by atoms with Crippen molar-refractivity contribution in [2.24, 2.45) is 45.3 Å². The van der Waals surface area contributed by atoms with E-state index >= 15 is 0 Å². The molecule has 0 aromatic rings. The highest BCUT2D eigenvalue weighted by Gasteiger charge is 2.66. The number of carboxylic acid groups (broad SMARTS) is 2. The topological polar surface area (TPSA) is 104 Å². The van der Waals surface area contributed by atoms with Crippen LogP contribution in [0.5, 0.6) is 0 Å². The lowest BCUT2D eigenvalue weighted by Gasteiger charge is -2.60. The summed E-state index contributed by atoms with van der Waals surface area (Å²) in [6.45, 7) is 10.6. The van der Waals surface area contributed by atoms with Crippen LogP contribution in [0.3, 0.4) is 0 Å². The van der Waals surface area contributed by atoms with Crippen molar-refractivity contribution in [3.63, 3.8) is 0 Å². The Bertz CT molecular complexity index is 841. The molecule has 4 aliphatic rings. The third-order valence-corrected chi connectivity index (χ3v) is 9.67. The number of nitrogens with one attached hydrogen (secondary N) is 1. The number of ketones is 1. The summed E-state index contributed by atoms with van der Waals surface area (Å²) in [5.41, 5.74) is -1.91. The summed E-state index contributed by atoms with van der Waals surface area (Å²) in [5.74, 6) is -1.46. The highest BCUT2D eigenvalue weighted by Crippen LogP contribution is 2.66. The minimum Gasteiger partial charge on any atom is -0.481 e. The first-order chi connectivity index (χ1) is 13.8. The number of hydrogen-bond acceptors (Lipinski definition) is 4. The molecule has 3 N–H and O–H groups in total. The van der Waals surface area contributed by atoms with E-state index in [-0.39, 0.29) is 23.0 Å². The molecule has 1 unspecified atom stereocenters. The van der Waals surface area contributed by atoms with Crippen molar-refractivity contribution in [1.82, 2.24) is 5.32 Å². The van der Waals surface area contributed by atoms with Crippen LogP contribution in [0, 0.1) is 45.3 Å². The Morgan fingerprint density at radius 1 is 1.10 bits per heavy atom. The van der Waals surface area contributed by atoms with Crippen molar-refractivity contribution in [1.29, 1.82) is 0 Å². The van der Waals surface area contributed by atoms with E-state index in [1.54, 1.807) is 6.08 Å². The van der Waals surface area contributed by atoms with Gasteiger partial charge in [0.15, 0.2) is 5.78 Å². The fourth-order valence-corrected chi connectivity index (χ4v) is 7.87. The second-order valence-electron chi connectivity index (χ2n) is 11.7. The Morgan fingerprint density at radius 2 is 1.77 bits per heavy atom. The van der Waals surface area contributed by atoms with Crippen molar-refractivity contribution in [3.05, 3.63) is 11.8 Å². The average Bonchev–Trinajstić information content (AvgIpc) is 2.98. The fraction of sp³-hybridized carbons (Fsp3) is 0.792. The quantitative estimate of drug-likeness (QED) is 0.592. The van der Waals surface area contributed by atoms with E-state index < -0.39 is 28.2 Å². The number of rotatable bonds is 2. The summed E-state index contributed by atoms with van der Waals surface area (Å²) in [4.78, 5) is 37.6. The number of carbonyl (C=O) groups is 3. The van der Waals surface area contributed by atoms with Crippen LogP contribution in [-0.2, 0) is 14.4 Å². The minimum absolute atomic E-state index is 0.204. The molecule has 1 aliphatic heterocycles. The van der Waals surface area contributed by atoms with Gasteiger partial charge in [0.25, 0.3) is 0 Å². The summed E-state index contributed by atoms with van der Waals surface area (Å²) >= 11 is 0. The molecule has 1 heterocycles. The van der Waals surface area contributed by atoms with Crippen LogP contribution in [-0.4, -0.2) is 34.5 Å².